The third kappa shape index (κ3) is 4.07. The molecule has 4 aromatic carbocycles. The van der Waals surface area contributed by atoms with Gasteiger partial charge in [0.1, 0.15) is 0 Å². The molecule has 29 heavy (non-hydrogen) atoms. The molecule has 0 bridgehead atoms. The maximum atomic E-state index is 11.3. The number of nitrogens with one attached hydrogen (secondary N) is 1. The number of aromatic nitrogens is 4. The fourth-order valence-corrected chi connectivity index (χ4v) is 3.10. The van der Waals surface area contributed by atoms with Gasteiger partial charge in [0.25, 0.3) is 5.24 Å². The number of H-pyrrole nitrogens is 1. The van der Waals surface area contributed by atoms with Crippen molar-refractivity contribution in [3.05, 3.63) is 101 Å². The molecule has 0 unspecified atom stereocenters. The van der Waals surface area contributed by atoms with Crippen LogP contribution in [-0.4, -0.2) is 25.4 Å². The van der Waals surface area contributed by atoms with Crippen molar-refractivity contribution in [3.63, 3.8) is 0 Å². The van der Waals surface area contributed by atoms with Gasteiger partial charge >= 0.3 is 5.69 Å². The summed E-state index contributed by atoms with van der Waals surface area (Å²) in [5, 5.41) is 13.3. The van der Waals surface area contributed by atoms with Gasteiger partial charge in [-0.1, -0.05) is 60.7 Å². The van der Waals surface area contributed by atoms with Crippen LogP contribution in [0.2, 0.25) is 0 Å². The van der Waals surface area contributed by atoms with Gasteiger partial charge in [-0.25, -0.2) is 9.89 Å². The van der Waals surface area contributed by atoms with Crippen molar-refractivity contribution in [2.24, 2.45) is 0 Å². The molecule has 0 atom stereocenters. The lowest BCUT2D eigenvalue weighted by Gasteiger charge is -2.01. The van der Waals surface area contributed by atoms with E-state index in [1.54, 1.807) is 12.1 Å². The molecule has 0 spiro atoms. The van der Waals surface area contributed by atoms with Crippen LogP contribution in [0.3, 0.4) is 0 Å². The summed E-state index contributed by atoms with van der Waals surface area (Å²) in [4.78, 5) is 22.2. The Kier molecular flexibility index (Phi) is 5.18. The summed E-state index contributed by atoms with van der Waals surface area (Å²) in [6, 6.07) is 26.9. The van der Waals surface area contributed by atoms with E-state index < -0.39 is 5.24 Å². The maximum Gasteiger partial charge on any atom is 0.365 e. The average Bonchev–Trinajstić information content (AvgIpc) is 3.19. The van der Waals surface area contributed by atoms with Crippen molar-refractivity contribution >= 4 is 38.4 Å². The van der Waals surface area contributed by atoms with Gasteiger partial charge in [-0.05, 0) is 67.8 Å². The van der Waals surface area contributed by atoms with E-state index in [9.17, 15) is 9.59 Å². The number of carbonyl (C=O) groups is 1. The highest BCUT2D eigenvalue weighted by molar-refractivity contribution is 6.67. The van der Waals surface area contributed by atoms with Crippen molar-refractivity contribution in [1.29, 1.82) is 0 Å². The third-order valence-electron chi connectivity index (χ3n) is 4.43. The quantitative estimate of drug-likeness (QED) is 0.446. The zero-order chi connectivity index (χ0) is 20.2. The second kappa shape index (κ2) is 8.08. The molecule has 1 aromatic heterocycles. The van der Waals surface area contributed by atoms with Crippen LogP contribution in [0.5, 0.6) is 0 Å². The van der Waals surface area contributed by atoms with Gasteiger partial charge in [0.2, 0.25) is 0 Å². The van der Waals surface area contributed by atoms with Crippen molar-refractivity contribution in [3.8, 4) is 5.69 Å². The van der Waals surface area contributed by atoms with Crippen LogP contribution < -0.4 is 5.69 Å². The summed E-state index contributed by atoms with van der Waals surface area (Å²) in [5.41, 5.74) is 0.910. The Morgan fingerprint density at radius 2 is 1.38 bits per heavy atom. The summed E-state index contributed by atoms with van der Waals surface area (Å²) in [6.07, 6.45) is 0. The summed E-state index contributed by atoms with van der Waals surface area (Å²) in [6.45, 7) is 0. The molecule has 7 heteroatoms. The van der Waals surface area contributed by atoms with Gasteiger partial charge < -0.3 is 0 Å². The van der Waals surface area contributed by atoms with Gasteiger partial charge in [-0.3, -0.25) is 4.79 Å². The number of aromatic amines is 1. The first kappa shape index (κ1) is 18.6. The number of rotatable bonds is 2. The summed E-state index contributed by atoms with van der Waals surface area (Å²) < 4.78 is 1.23. The molecular weight excluding hydrogens is 388 g/mol. The molecule has 0 saturated heterocycles. The van der Waals surface area contributed by atoms with Gasteiger partial charge in [-0.2, -0.15) is 4.68 Å². The van der Waals surface area contributed by atoms with Gasteiger partial charge in [0.15, 0.2) is 0 Å². The highest BCUT2D eigenvalue weighted by Gasteiger charge is 2.03. The third-order valence-corrected chi connectivity index (χ3v) is 4.64. The molecule has 5 aromatic rings. The standard InChI is InChI=1S/C11H7ClO.C11H8N4O/c12-11(13)10-6-5-8-3-1-2-4-9(8)7-10;16-11-12-13-14-15(11)10-6-5-8-3-1-2-4-9(8)7-10/h1-7H;1-7H,(H,12,14,16). The summed E-state index contributed by atoms with van der Waals surface area (Å²) >= 11 is 5.36. The zero-order valence-electron chi connectivity index (χ0n) is 15.1. The highest BCUT2D eigenvalue weighted by Crippen LogP contribution is 2.17. The number of hydrogen-bond donors (Lipinski definition) is 1. The minimum atomic E-state index is -0.411. The summed E-state index contributed by atoms with van der Waals surface area (Å²) in [7, 11) is 0. The SMILES string of the molecule is O=C(Cl)c1ccc2ccccc2c1.O=c1[nH]nnn1-c1ccc2ccccc2c1. The molecule has 0 fully saturated rings. The van der Waals surface area contributed by atoms with Crippen LogP contribution in [-0.2, 0) is 0 Å². The Balaban J connectivity index is 0.000000145. The van der Waals surface area contributed by atoms with Crippen LogP contribution in [0.1, 0.15) is 10.4 Å². The first-order valence-corrected chi connectivity index (χ1v) is 9.18. The Bertz CT molecular complexity index is 1370. The number of tetrazole rings is 1. The predicted molar refractivity (Wildman–Crippen MR) is 114 cm³/mol. The number of nitrogens with zero attached hydrogens (tertiary/aromatic N) is 3. The van der Waals surface area contributed by atoms with E-state index in [2.05, 4.69) is 15.5 Å². The van der Waals surface area contributed by atoms with E-state index in [0.717, 1.165) is 21.5 Å². The fraction of sp³-hybridized carbons (Fsp3) is 0. The molecule has 0 aliphatic carbocycles. The predicted octanol–water partition coefficient (Wildman–Crippen LogP) is 4.33. The second-order valence-electron chi connectivity index (χ2n) is 6.29. The normalized spacial score (nSPS) is 10.5. The molecule has 0 radical (unpaired) electrons. The number of benzene rings is 4. The molecule has 5 rings (SSSR count). The Morgan fingerprint density at radius 1 is 0.793 bits per heavy atom. The minimum Gasteiger partial charge on any atom is -0.276 e. The first-order valence-electron chi connectivity index (χ1n) is 8.80. The largest absolute Gasteiger partial charge is 0.365 e. The Labute approximate surface area is 170 Å². The number of hydrogen-bond acceptors (Lipinski definition) is 4. The Hall–Kier alpha value is -3.77. The van der Waals surface area contributed by atoms with Crippen molar-refractivity contribution < 1.29 is 4.79 Å². The molecule has 0 aliphatic heterocycles. The fourth-order valence-electron chi connectivity index (χ4n) is 2.99. The zero-order valence-corrected chi connectivity index (χ0v) is 15.9. The Morgan fingerprint density at radius 3 is 1.97 bits per heavy atom. The number of carbonyl (C=O) groups excluding carboxylic acids is 1. The van der Waals surface area contributed by atoms with Crippen LogP contribution >= 0.6 is 11.6 Å². The molecule has 6 nitrogen and oxygen atoms in total. The van der Waals surface area contributed by atoms with E-state index in [1.165, 1.54) is 4.68 Å². The van der Waals surface area contributed by atoms with E-state index in [1.807, 2.05) is 72.8 Å². The van der Waals surface area contributed by atoms with Gasteiger partial charge in [0, 0.05) is 5.56 Å². The molecule has 0 saturated carbocycles. The van der Waals surface area contributed by atoms with Crippen molar-refractivity contribution in [2.45, 2.75) is 0 Å². The van der Waals surface area contributed by atoms with Crippen molar-refractivity contribution in [1.82, 2.24) is 20.2 Å². The molecule has 1 heterocycles. The highest BCUT2D eigenvalue weighted by atomic mass is 35.5. The monoisotopic (exact) mass is 402 g/mol. The van der Waals surface area contributed by atoms with Crippen LogP contribution in [0.15, 0.2) is 89.7 Å². The number of halogens is 1. The van der Waals surface area contributed by atoms with Gasteiger partial charge in [-0.15, -0.1) is 0 Å². The van der Waals surface area contributed by atoms with E-state index in [-0.39, 0.29) is 5.69 Å². The lowest BCUT2D eigenvalue weighted by atomic mass is 10.1. The van der Waals surface area contributed by atoms with E-state index >= 15 is 0 Å². The van der Waals surface area contributed by atoms with E-state index in [4.69, 9.17) is 11.6 Å². The number of fused-ring (bicyclic) bond motifs is 2. The van der Waals surface area contributed by atoms with Crippen molar-refractivity contribution in [2.75, 3.05) is 0 Å². The first-order chi connectivity index (χ1) is 14.1. The van der Waals surface area contributed by atoms with Crippen LogP contribution in [0.25, 0.3) is 27.2 Å². The lowest BCUT2D eigenvalue weighted by molar-refractivity contribution is 0.108. The maximum absolute atomic E-state index is 11.3. The smallest absolute Gasteiger partial charge is 0.276 e. The topological polar surface area (TPSA) is 80.6 Å². The summed E-state index contributed by atoms with van der Waals surface area (Å²) in [5.74, 6) is 0. The van der Waals surface area contributed by atoms with Crippen LogP contribution in [0.4, 0.5) is 0 Å². The van der Waals surface area contributed by atoms with E-state index in [0.29, 0.717) is 11.3 Å². The lowest BCUT2D eigenvalue weighted by Crippen LogP contribution is -2.15. The van der Waals surface area contributed by atoms with Crippen LogP contribution in [0, 0.1) is 0 Å². The minimum absolute atomic E-state index is 0.338. The molecule has 0 amide bonds. The molecule has 0 aliphatic rings. The molecular formula is C22H15ClN4O2. The molecule has 142 valence electrons. The van der Waals surface area contributed by atoms with Gasteiger partial charge in [0.05, 0.1) is 5.69 Å². The second-order valence-corrected chi connectivity index (χ2v) is 6.63. The molecule has 1 N–H and O–H groups in total. The average molecular weight is 403 g/mol.